The van der Waals surface area contributed by atoms with Gasteiger partial charge in [0.25, 0.3) is 0 Å². The second kappa shape index (κ2) is 7.67. The monoisotopic (exact) mass is 375 g/mol. The molecule has 3 aromatic rings. The summed E-state index contributed by atoms with van der Waals surface area (Å²) in [6, 6.07) is 15.1. The SMILES string of the molecule is CS(=O)(=O)NCCn1nccc1-c1ccc(Oc2ccc(F)cc2)cc1. The van der Waals surface area contributed by atoms with Crippen LogP contribution in [0, 0.1) is 5.82 Å². The Morgan fingerprint density at radius 2 is 1.65 bits per heavy atom. The number of hydrogen-bond acceptors (Lipinski definition) is 4. The smallest absolute Gasteiger partial charge is 0.208 e. The van der Waals surface area contributed by atoms with E-state index < -0.39 is 10.0 Å². The molecule has 0 atom stereocenters. The van der Waals surface area contributed by atoms with Gasteiger partial charge in [-0.25, -0.2) is 17.5 Å². The molecule has 0 unspecified atom stereocenters. The van der Waals surface area contributed by atoms with Crippen molar-refractivity contribution < 1.29 is 17.5 Å². The van der Waals surface area contributed by atoms with E-state index in [2.05, 4.69) is 9.82 Å². The van der Waals surface area contributed by atoms with Gasteiger partial charge in [-0.2, -0.15) is 5.10 Å². The number of nitrogens with one attached hydrogen (secondary N) is 1. The maximum Gasteiger partial charge on any atom is 0.208 e. The fourth-order valence-corrected chi connectivity index (χ4v) is 2.89. The molecular formula is C18H18FN3O3S. The third-order valence-corrected chi connectivity index (χ3v) is 4.33. The van der Waals surface area contributed by atoms with E-state index in [1.165, 1.54) is 12.1 Å². The van der Waals surface area contributed by atoms with Crippen LogP contribution in [-0.4, -0.2) is 31.0 Å². The van der Waals surface area contributed by atoms with Crippen molar-refractivity contribution in [3.05, 3.63) is 66.6 Å². The topological polar surface area (TPSA) is 73.2 Å². The summed E-state index contributed by atoms with van der Waals surface area (Å²) in [6.45, 7) is 0.683. The summed E-state index contributed by atoms with van der Waals surface area (Å²) >= 11 is 0. The quantitative estimate of drug-likeness (QED) is 0.689. The fourth-order valence-electron chi connectivity index (χ4n) is 2.43. The Morgan fingerprint density at radius 1 is 1.04 bits per heavy atom. The lowest BCUT2D eigenvalue weighted by molar-refractivity contribution is 0.480. The molecule has 26 heavy (non-hydrogen) atoms. The van der Waals surface area contributed by atoms with Gasteiger partial charge in [0.1, 0.15) is 17.3 Å². The van der Waals surface area contributed by atoms with Crippen molar-refractivity contribution in [3.8, 4) is 22.8 Å². The van der Waals surface area contributed by atoms with Gasteiger partial charge in [-0.05, 0) is 54.6 Å². The number of sulfonamides is 1. The molecule has 0 aliphatic rings. The van der Waals surface area contributed by atoms with Crippen LogP contribution in [0.5, 0.6) is 11.5 Å². The van der Waals surface area contributed by atoms with Gasteiger partial charge in [0.15, 0.2) is 0 Å². The van der Waals surface area contributed by atoms with Crippen LogP contribution in [0.15, 0.2) is 60.8 Å². The molecule has 0 radical (unpaired) electrons. The van der Waals surface area contributed by atoms with Crippen molar-refractivity contribution in [2.24, 2.45) is 0 Å². The number of halogens is 1. The molecule has 0 saturated carbocycles. The first-order valence-corrected chi connectivity index (χ1v) is 9.80. The van der Waals surface area contributed by atoms with E-state index in [4.69, 9.17) is 4.74 Å². The van der Waals surface area contributed by atoms with E-state index in [0.717, 1.165) is 17.5 Å². The van der Waals surface area contributed by atoms with Crippen molar-refractivity contribution in [2.45, 2.75) is 6.54 Å². The highest BCUT2D eigenvalue weighted by Gasteiger charge is 2.07. The van der Waals surface area contributed by atoms with Gasteiger partial charge in [-0.15, -0.1) is 0 Å². The van der Waals surface area contributed by atoms with Crippen LogP contribution in [0.25, 0.3) is 11.3 Å². The maximum atomic E-state index is 12.9. The first-order valence-electron chi connectivity index (χ1n) is 7.91. The third kappa shape index (κ3) is 4.90. The van der Waals surface area contributed by atoms with Crippen molar-refractivity contribution in [2.75, 3.05) is 12.8 Å². The predicted octanol–water partition coefficient (Wildman–Crippen LogP) is 3.03. The van der Waals surface area contributed by atoms with Gasteiger partial charge in [0.2, 0.25) is 10.0 Å². The summed E-state index contributed by atoms with van der Waals surface area (Å²) in [5.74, 6) is 0.868. The zero-order valence-corrected chi connectivity index (χ0v) is 14.9. The highest BCUT2D eigenvalue weighted by Crippen LogP contribution is 2.25. The summed E-state index contributed by atoms with van der Waals surface area (Å²) in [7, 11) is -3.22. The van der Waals surface area contributed by atoms with E-state index in [9.17, 15) is 12.8 Å². The Labute approximate surface area is 151 Å². The van der Waals surface area contributed by atoms with Gasteiger partial charge in [-0.3, -0.25) is 4.68 Å². The van der Waals surface area contributed by atoms with Crippen LogP contribution in [0.1, 0.15) is 0 Å². The van der Waals surface area contributed by atoms with E-state index in [1.807, 2.05) is 30.3 Å². The fraction of sp³-hybridized carbons (Fsp3) is 0.167. The highest BCUT2D eigenvalue weighted by atomic mass is 32.2. The minimum atomic E-state index is -3.22. The van der Waals surface area contributed by atoms with E-state index in [-0.39, 0.29) is 12.4 Å². The lowest BCUT2D eigenvalue weighted by atomic mass is 10.1. The third-order valence-electron chi connectivity index (χ3n) is 3.60. The van der Waals surface area contributed by atoms with Crippen LogP contribution < -0.4 is 9.46 Å². The molecule has 3 rings (SSSR count). The molecule has 1 heterocycles. The van der Waals surface area contributed by atoms with Crippen molar-refractivity contribution in [1.29, 1.82) is 0 Å². The Kier molecular flexibility index (Phi) is 5.34. The summed E-state index contributed by atoms with van der Waals surface area (Å²) in [5.41, 5.74) is 1.79. The first kappa shape index (κ1) is 18.1. The Bertz CT molecular complexity index is 968. The molecule has 0 amide bonds. The van der Waals surface area contributed by atoms with Crippen LogP contribution >= 0.6 is 0 Å². The number of benzene rings is 2. The number of ether oxygens (including phenoxy) is 1. The average molecular weight is 375 g/mol. The molecule has 6 nitrogen and oxygen atoms in total. The molecule has 0 aliphatic heterocycles. The molecular weight excluding hydrogens is 357 g/mol. The number of nitrogens with zero attached hydrogens (tertiary/aromatic N) is 2. The van der Waals surface area contributed by atoms with Crippen molar-refractivity contribution in [3.63, 3.8) is 0 Å². The Morgan fingerprint density at radius 3 is 2.27 bits per heavy atom. The maximum absolute atomic E-state index is 12.9. The lowest BCUT2D eigenvalue weighted by Gasteiger charge is -2.09. The molecule has 8 heteroatoms. The first-order chi connectivity index (χ1) is 12.4. The number of aromatic nitrogens is 2. The summed E-state index contributed by atoms with van der Waals surface area (Å²) in [5, 5.41) is 4.23. The van der Waals surface area contributed by atoms with Gasteiger partial charge in [0.05, 0.1) is 18.5 Å². The molecule has 0 aliphatic carbocycles. The van der Waals surface area contributed by atoms with Crippen molar-refractivity contribution >= 4 is 10.0 Å². The average Bonchev–Trinajstić information content (AvgIpc) is 3.05. The standard InChI is InChI=1S/C18H18FN3O3S/c1-26(23,24)21-12-13-22-18(10-11-20-22)14-2-6-16(7-3-14)25-17-8-4-15(19)5-9-17/h2-11,21H,12-13H2,1H3. The summed E-state index contributed by atoms with van der Waals surface area (Å²) in [4.78, 5) is 0. The number of hydrogen-bond donors (Lipinski definition) is 1. The molecule has 1 N–H and O–H groups in total. The van der Waals surface area contributed by atoms with Crippen LogP contribution in [0.3, 0.4) is 0 Å². The van der Waals surface area contributed by atoms with Gasteiger partial charge < -0.3 is 4.74 Å². The molecule has 0 saturated heterocycles. The Balaban J connectivity index is 1.69. The van der Waals surface area contributed by atoms with Gasteiger partial charge in [0, 0.05) is 18.3 Å². The normalized spacial score (nSPS) is 11.5. The van der Waals surface area contributed by atoms with Gasteiger partial charge >= 0.3 is 0 Å². The van der Waals surface area contributed by atoms with Crippen LogP contribution in [0.4, 0.5) is 4.39 Å². The van der Waals surface area contributed by atoms with Crippen molar-refractivity contribution in [1.82, 2.24) is 14.5 Å². The van der Waals surface area contributed by atoms with Crippen LogP contribution in [-0.2, 0) is 16.6 Å². The molecule has 136 valence electrons. The summed E-state index contributed by atoms with van der Waals surface area (Å²) in [6.07, 6.45) is 2.79. The van der Waals surface area contributed by atoms with Crippen LogP contribution in [0.2, 0.25) is 0 Å². The lowest BCUT2D eigenvalue weighted by Crippen LogP contribution is -2.26. The predicted molar refractivity (Wildman–Crippen MR) is 97.0 cm³/mol. The largest absolute Gasteiger partial charge is 0.457 e. The molecule has 0 fully saturated rings. The Hall–Kier alpha value is -2.71. The second-order valence-corrected chi connectivity index (χ2v) is 7.52. The zero-order valence-electron chi connectivity index (χ0n) is 14.1. The second-order valence-electron chi connectivity index (χ2n) is 5.69. The highest BCUT2D eigenvalue weighted by molar-refractivity contribution is 7.88. The van der Waals surface area contributed by atoms with E-state index >= 15 is 0 Å². The molecule has 2 aromatic carbocycles. The minimum Gasteiger partial charge on any atom is -0.457 e. The van der Waals surface area contributed by atoms with E-state index in [1.54, 1.807) is 23.0 Å². The van der Waals surface area contributed by atoms with E-state index in [0.29, 0.717) is 18.0 Å². The van der Waals surface area contributed by atoms with Gasteiger partial charge in [-0.1, -0.05) is 0 Å². The zero-order chi connectivity index (χ0) is 18.6. The minimum absolute atomic E-state index is 0.263. The molecule has 0 bridgehead atoms. The summed E-state index contributed by atoms with van der Waals surface area (Å²) < 4.78 is 45.1. The molecule has 1 aromatic heterocycles. The number of rotatable bonds is 7. The molecule has 0 spiro atoms.